The first-order chi connectivity index (χ1) is 4.72. The Labute approximate surface area is 66.1 Å². The van der Waals surface area contributed by atoms with Crippen molar-refractivity contribution in [2.45, 2.75) is 25.1 Å². The number of hydrogen-bond donors (Lipinski definition) is 0. The van der Waals surface area contributed by atoms with Gasteiger partial charge in [0.25, 0.3) is 0 Å². The van der Waals surface area contributed by atoms with Gasteiger partial charge in [-0.05, 0) is 24.8 Å². The van der Waals surface area contributed by atoms with E-state index >= 15 is 0 Å². The molecule has 0 aliphatic heterocycles. The highest BCUT2D eigenvalue weighted by Crippen LogP contribution is 2.20. The molecule has 0 radical (unpaired) electrons. The smallest absolute Gasteiger partial charge is 0.173 e. The summed E-state index contributed by atoms with van der Waals surface area (Å²) in [4.78, 5) is 11.0. The largest absolute Gasteiger partial charge is 0.293 e. The second-order valence-electron chi connectivity index (χ2n) is 2.76. The van der Waals surface area contributed by atoms with Gasteiger partial charge in [0.1, 0.15) is 0 Å². The Morgan fingerprint density at radius 3 is 3.10 bits per heavy atom. The Balaban J connectivity index is 2.66. The molecule has 0 amide bonds. The van der Waals surface area contributed by atoms with E-state index in [9.17, 15) is 4.79 Å². The molecule has 1 aliphatic carbocycles. The molecule has 1 aliphatic rings. The zero-order chi connectivity index (χ0) is 7.56. The molecule has 0 spiro atoms. The van der Waals surface area contributed by atoms with Crippen LogP contribution in [-0.4, -0.2) is 11.2 Å². The number of allylic oxidation sites excluding steroid dienone is 2. The minimum atomic E-state index is -0.293. The summed E-state index contributed by atoms with van der Waals surface area (Å²) in [5.41, 5.74) is 0. The lowest BCUT2D eigenvalue weighted by Crippen LogP contribution is -2.18. The molecule has 1 rings (SSSR count). The van der Waals surface area contributed by atoms with Crippen LogP contribution in [0.15, 0.2) is 12.2 Å². The summed E-state index contributed by atoms with van der Waals surface area (Å²) in [5.74, 6) is 0.385. The maximum absolute atomic E-state index is 11.0. The molecule has 0 aromatic carbocycles. The van der Waals surface area contributed by atoms with Crippen LogP contribution in [-0.2, 0) is 4.79 Å². The Morgan fingerprint density at radius 2 is 2.40 bits per heavy atom. The number of ketones is 1. The van der Waals surface area contributed by atoms with Gasteiger partial charge in [-0.2, -0.15) is 0 Å². The molecule has 0 saturated heterocycles. The first-order valence-corrected chi connectivity index (χ1v) is 4.00. The molecule has 1 nitrogen and oxygen atoms in total. The van der Waals surface area contributed by atoms with Crippen molar-refractivity contribution in [3.8, 4) is 0 Å². The standard InChI is InChI=1S/C8H11ClO/c1-6-4-2-3-5-7(10)8(6)9/h3,5-6,8H,2,4H2,1H3. The van der Waals surface area contributed by atoms with E-state index in [4.69, 9.17) is 11.6 Å². The highest BCUT2D eigenvalue weighted by Gasteiger charge is 2.21. The molecule has 0 saturated carbocycles. The Morgan fingerprint density at radius 1 is 1.70 bits per heavy atom. The van der Waals surface area contributed by atoms with E-state index < -0.39 is 0 Å². The average molecular weight is 159 g/mol. The fourth-order valence-electron chi connectivity index (χ4n) is 1.08. The summed E-state index contributed by atoms with van der Waals surface area (Å²) in [6, 6.07) is 0. The maximum Gasteiger partial charge on any atom is 0.173 e. The summed E-state index contributed by atoms with van der Waals surface area (Å²) in [7, 11) is 0. The van der Waals surface area contributed by atoms with Gasteiger partial charge in [0.05, 0.1) is 5.38 Å². The van der Waals surface area contributed by atoms with Crippen LogP contribution in [0.2, 0.25) is 0 Å². The summed E-state index contributed by atoms with van der Waals surface area (Å²) >= 11 is 5.82. The molecule has 0 fully saturated rings. The van der Waals surface area contributed by atoms with Gasteiger partial charge < -0.3 is 0 Å². The molecule has 56 valence electrons. The SMILES string of the molecule is CC1CCC=CC(=O)C1Cl. The monoisotopic (exact) mass is 158 g/mol. The Hall–Kier alpha value is -0.300. The average Bonchev–Trinajstić information content (AvgIpc) is 2.04. The van der Waals surface area contributed by atoms with E-state index in [-0.39, 0.29) is 11.2 Å². The number of alkyl halides is 1. The van der Waals surface area contributed by atoms with E-state index in [1.807, 2.05) is 13.0 Å². The third-order valence-corrected chi connectivity index (χ3v) is 2.49. The molecule has 0 aromatic rings. The van der Waals surface area contributed by atoms with Crippen LogP contribution >= 0.6 is 11.6 Å². The van der Waals surface area contributed by atoms with Gasteiger partial charge in [0.15, 0.2) is 5.78 Å². The molecule has 10 heavy (non-hydrogen) atoms. The van der Waals surface area contributed by atoms with Crippen molar-refractivity contribution in [3.05, 3.63) is 12.2 Å². The van der Waals surface area contributed by atoms with Crippen LogP contribution in [0.3, 0.4) is 0 Å². The molecule has 0 aromatic heterocycles. The van der Waals surface area contributed by atoms with Crippen molar-refractivity contribution in [3.63, 3.8) is 0 Å². The van der Waals surface area contributed by atoms with E-state index in [1.165, 1.54) is 0 Å². The van der Waals surface area contributed by atoms with Gasteiger partial charge in [-0.15, -0.1) is 11.6 Å². The van der Waals surface area contributed by atoms with Crippen LogP contribution in [0.5, 0.6) is 0 Å². The van der Waals surface area contributed by atoms with Crippen molar-refractivity contribution in [2.24, 2.45) is 5.92 Å². The quantitative estimate of drug-likeness (QED) is 0.494. The normalized spacial score (nSPS) is 34.0. The lowest BCUT2D eigenvalue weighted by atomic mass is 10.0. The predicted molar refractivity (Wildman–Crippen MR) is 42.2 cm³/mol. The van der Waals surface area contributed by atoms with Crippen molar-refractivity contribution in [2.75, 3.05) is 0 Å². The number of rotatable bonds is 0. The lowest BCUT2D eigenvalue weighted by Gasteiger charge is -2.11. The molecule has 0 N–H and O–H groups in total. The van der Waals surface area contributed by atoms with Gasteiger partial charge in [-0.3, -0.25) is 4.79 Å². The summed E-state index contributed by atoms with van der Waals surface area (Å²) in [6.45, 7) is 2.02. The second-order valence-corrected chi connectivity index (χ2v) is 3.23. The topological polar surface area (TPSA) is 17.1 Å². The van der Waals surface area contributed by atoms with Crippen molar-refractivity contribution in [1.29, 1.82) is 0 Å². The minimum Gasteiger partial charge on any atom is -0.293 e. The molecule has 0 heterocycles. The van der Waals surface area contributed by atoms with Crippen molar-refractivity contribution >= 4 is 17.4 Å². The number of halogens is 1. The third kappa shape index (κ3) is 1.60. The van der Waals surface area contributed by atoms with Gasteiger partial charge in [0.2, 0.25) is 0 Å². The van der Waals surface area contributed by atoms with Crippen LogP contribution in [0.25, 0.3) is 0 Å². The van der Waals surface area contributed by atoms with Gasteiger partial charge in [0, 0.05) is 0 Å². The molecular weight excluding hydrogens is 148 g/mol. The number of carbonyl (C=O) groups excluding carboxylic acids is 1. The van der Waals surface area contributed by atoms with Crippen LogP contribution in [0.1, 0.15) is 19.8 Å². The first-order valence-electron chi connectivity index (χ1n) is 3.56. The summed E-state index contributed by atoms with van der Waals surface area (Å²) in [5, 5.41) is -0.293. The molecule has 2 atom stereocenters. The zero-order valence-corrected chi connectivity index (χ0v) is 6.77. The van der Waals surface area contributed by atoms with Crippen LogP contribution in [0.4, 0.5) is 0 Å². The molecule has 2 unspecified atom stereocenters. The number of carbonyl (C=O) groups is 1. The van der Waals surface area contributed by atoms with Gasteiger partial charge in [-0.1, -0.05) is 13.0 Å². The fraction of sp³-hybridized carbons (Fsp3) is 0.625. The van der Waals surface area contributed by atoms with E-state index in [0.29, 0.717) is 5.92 Å². The van der Waals surface area contributed by atoms with Crippen molar-refractivity contribution < 1.29 is 4.79 Å². The second kappa shape index (κ2) is 3.20. The van der Waals surface area contributed by atoms with Crippen molar-refractivity contribution in [1.82, 2.24) is 0 Å². The maximum atomic E-state index is 11.0. The van der Waals surface area contributed by atoms with E-state index in [1.54, 1.807) is 6.08 Å². The third-order valence-electron chi connectivity index (χ3n) is 1.84. The molecule has 0 bridgehead atoms. The van der Waals surface area contributed by atoms with Gasteiger partial charge >= 0.3 is 0 Å². The zero-order valence-electron chi connectivity index (χ0n) is 6.01. The minimum absolute atomic E-state index is 0.0617. The van der Waals surface area contributed by atoms with E-state index in [2.05, 4.69) is 0 Å². The first kappa shape index (κ1) is 7.80. The van der Waals surface area contributed by atoms with E-state index in [0.717, 1.165) is 12.8 Å². The predicted octanol–water partition coefficient (Wildman–Crippen LogP) is 2.15. The summed E-state index contributed by atoms with van der Waals surface area (Å²) in [6.07, 6.45) is 5.51. The Kier molecular flexibility index (Phi) is 2.50. The lowest BCUT2D eigenvalue weighted by molar-refractivity contribution is -0.114. The fourth-order valence-corrected chi connectivity index (χ4v) is 1.28. The number of hydrogen-bond acceptors (Lipinski definition) is 1. The highest BCUT2D eigenvalue weighted by molar-refractivity contribution is 6.33. The highest BCUT2D eigenvalue weighted by atomic mass is 35.5. The molecular formula is C8H11ClO. The van der Waals surface area contributed by atoms with Gasteiger partial charge in [-0.25, -0.2) is 0 Å². The van der Waals surface area contributed by atoms with Crippen LogP contribution in [0, 0.1) is 5.92 Å². The summed E-state index contributed by atoms with van der Waals surface area (Å²) < 4.78 is 0. The molecule has 2 heteroatoms. The van der Waals surface area contributed by atoms with Crippen LogP contribution < -0.4 is 0 Å². The Bertz CT molecular complexity index is 163.